The third-order valence-electron chi connectivity index (χ3n) is 7.29. The van der Waals surface area contributed by atoms with Gasteiger partial charge in [0.25, 0.3) is 17.5 Å². The summed E-state index contributed by atoms with van der Waals surface area (Å²) in [6.07, 6.45) is 0. The normalized spacial score (nSPS) is 15.7. The van der Waals surface area contributed by atoms with Gasteiger partial charge < -0.3 is 30.3 Å². The standard InChI is InChI=1S/C33H32N4O10/c1-19-27(32(42)46-16-14-34-30(40)23-10-3-5-12-25(23)38)29(21-8-7-9-22(18-21)37(44)45)28(20(2)36-19)33(43)47-17-15-35-31(41)24-11-4-6-13-26(24)39/h3-13,18,27,29,38-39H,14-17H2,1-2H3,(H,34,40)(H,35,41)/t27?,29-/m0/s1. The molecule has 3 aromatic carbocycles. The van der Waals surface area contributed by atoms with E-state index in [1.807, 2.05) is 0 Å². The van der Waals surface area contributed by atoms with Gasteiger partial charge >= 0.3 is 11.9 Å². The molecule has 0 radical (unpaired) electrons. The molecule has 47 heavy (non-hydrogen) atoms. The molecule has 0 aliphatic carbocycles. The molecule has 0 saturated heterocycles. The van der Waals surface area contributed by atoms with Crippen LogP contribution in [0.25, 0.3) is 0 Å². The fraction of sp³-hybridized carbons (Fsp3) is 0.242. The van der Waals surface area contributed by atoms with Crippen molar-refractivity contribution in [3.05, 3.63) is 111 Å². The average molecular weight is 645 g/mol. The Morgan fingerprint density at radius 1 is 0.830 bits per heavy atom. The van der Waals surface area contributed by atoms with Gasteiger partial charge in [-0.15, -0.1) is 0 Å². The molecule has 2 amide bonds. The second-order valence-corrected chi connectivity index (χ2v) is 10.4. The lowest BCUT2D eigenvalue weighted by Crippen LogP contribution is -2.38. The molecule has 4 N–H and O–H groups in total. The minimum atomic E-state index is -1.18. The fourth-order valence-electron chi connectivity index (χ4n) is 5.11. The third-order valence-corrected chi connectivity index (χ3v) is 7.29. The van der Waals surface area contributed by atoms with Crippen LogP contribution in [-0.2, 0) is 19.1 Å². The molecule has 0 bridgehead atoms. The molecule has 0 spiro atoms. The molecule has 2 atom stereocenters. The predicted octanol–water partition coefficient (Wildman–Crippen LogP) is 3.40. The van der Waals surface area contributed by atoms with Crippen molar-refractivity contribution in [2.75, 3.05) is 26.3 Å². The van der Waals surface area contributed by atoms with Crippen LogP contribution >= 0.6 is 0 Å². The van der Waals surface area contributed by atoms with Crippen molar-refractivity contribution in [3.8, 4) is 11.5 Å². The van der Waals surface area contributed by atoms with E-state index in [1.165, 1.54) is 48.5 Å². The van der Waals surface area contributed by atoms with E-state index in [1.54, 1.807) is 38.1 Å². The Morgan fingerprint density at radius 3 is 1.94 bits per heavy atom. The second-order valence-electron chi connectivity index (χ2n) is 10.4. The predicted molar refractivity (Wildman–Crippen MR) is 168 cm³/mol. The summed E-state index contributed by atoms with van der Waals surface area (Å²) in [5.74, 6) is -5.51. The number of aromatic hydroxyl groups is 2. The highest BCUT2D eigenvalue weighted by Gasteiger charge is 2.43. The first-order chi connectivity index (χ1) is 22.5. The number of amides is 2. The minimum absolute atomic E-state index is 0.0297. The first-order valence-electron chi connectivity index (χ1n) is 14.5. The maximum absolute atomic E-state index is 13.5. The number of nitro benzene ring substituents is 1. The van der Waals surface area contributed by atoms with Gasteiger partial charge in [-0.3, -0.25) is 29.5 Å². The summed E-state index contributed by atoms with van der Waals surface area (Å²) in [5.41, 5.74) is 0.565. The number of allylic oxidation sites excluding steroid dienone is 1. The largest absolute Gasteiger partial charge is 0.507 e. The fourth-order valence-corrected chi connectivity index (χ4v) is 5.11. The van der Waals surface area contributed by atoms with Crippen molar-refractivity contribution in [2.45, 2.75) is 19.8 Å². The van der Waals surface area contributed by atoms with Gasteiger partial charge in [0.05, 0.1) is 34.7 Å². The van der Waals surface area contributed by atoms with Gasteiger partial charge in [-0.05, 0) is 43.7 Å². The Labute approximate surface area is 268 Å². The number of carbonyl (C=O) groups is 4. The first-order valence-corrected chi connectivity index (χ1v) is 14.5. The van der Waals surface area contributed by atoms with E-state index in [0.29, 0.717) is 0 Å². The quantitative estimate of drug-likeness (QED) is 0.0978. The smallest absolute Gasteiger partial charge is 0.336 e. The van der Waals surface area contributed by atoms with Crippen molar-refractivity contribution < 1.29 is 43.8 Å². The molecule has 1 heterocycles. The van der Waals surface area contributed by atoms with Crippen molar-refractivity contribution in [2.24, 2.45) is 10.9 Å². The van der Waals surface area contributed by atoms with E-state index >= 15 is 0 Å². The molecule has 4 rings (SSSR count). The lowest BCUT2D eigenvalue weighted by atomic mass is 9.75. The second kappa shape index (κ2) is 15.3. The number of benzene rings is 3. The topological polar surface area (TPSA) is 207 Å². The SMILES string of the molecule is CC1=NC(C)=C(C(=O)OCCNC(=O)c2ccccc2O)[C@@H](c2cccc([N+](=O)[O-])c2)C1C(=O)OCCNC(=O)c1ccccc1O. The van der Waals surface area contributed by atoms with Crippen LogP contribution in [0.3, 0.4) is 0 Å². The number of para-hydroxylation sites is 2. The highest BCUT2D eigenvalue weighted by atomic mass is 16.6. The van der Waals surface area contributed by atoms with Gasteiger partial charge in [-0.25, -0.2) is 4.79 Å². The van der Waals surface area contributed by atoms with Gasteiger partial charge in [0, 0.05) is 29.5 Å². The number of non-ortho nitro benzene ring substituents is 1. The number of nitrogens with one attached hydrogen (secondary N) is 2. The Bertz CT molecular complexity index is 1770. The van der Waals surface area contributed by atoms with Crippen LogP contribution in [0.4, 0.5) is 5.69 Å². The molecule has 0 aromatic heterocycles. The summed E-state index contributed by atoms with van der Waals surface area (Å²) in [5, 5.41) is 36.4. The lowest BCUT2D eigenvalue weighted by Gasteiger charge is -2.31. The van der Waals surface area contributed by atoms with Crippen LogP contribution < -0.4 is 10.6 Å². The van der Waals surface area contributed by atoms with Crippen LogP contribution in [0, 0.1) is 16.0 Å². The van der Waals surface area contributed by atoms with E-state index in [2.05, 4.69) is 15.6 Å². The number of nitro groups is 1. The molecule has 1 aliphatic heterocycles. The van der Waals surface area contributed by atoms with Gasteiger partial charge in [-0.2, -0.15) is 0 Å². The van der Waals surface area contributed by atoms with Crippen LogP contribution in [-0.4, -0.2) is 70.9 Å². The van der Waals surface area contributed by atoms with E-state index in [9.17, 15) is 39.5 Å². The number of phenols is 2. The van der Waals surface area contributed by atoms with Gasteiger partial charge in [0.1, 0.15) is 30.6 Å². The Morgan fingerprint density at radius 2 is 1.38 bits per heavy atom. The monoisotopic (exact) mass is 644 g/mol. The zero-order valence-corrected chi connectivity index (χ0v) is 25.5. The molecule has 1 aliphatic rings. The number of hydrogen-bond donors (Lipinski definition) is 4. The van der Waals surface area contributed by atoms with Crippen molar-refractivity contribution in [3.63, 3.8) is 0 Å². The summed E-state index contributed by atoms with van der Waals surface area (Å²) in [4.78, 5) is 67.2. The molecule has 1 unspecified atom stereocenters. The zero-order chi connectivity index (χ0) is 34.1. The molecular weight excluding hydrogens is 612 g/mol. The highest BCUT2D eigenvalue weighted by Crippen LogP contribution is 2.41. The third kappa shape index (κ3) is 8.16. The molecule has 0 fully saturated rings. The Kier molecular flexibility index (Phi) is 11.0. The summed E-state index contributed by atoms with van der Waals surface area (Å²) < 4.78 is 10.9. The summed E-state index contributed by atoms with van der Waals surface area (Å²) in [7, 11) is 0. The molecule has 14 nitrogen and oxygen atoms in total. The molecule has 0 saturated carbocycles. The van der Waals surface area contributed by atoms with Gasteiger partial charge in [0.2, 0.25) is 0 Å². The number of nitrogens with zero attached hydrogens (tertiary/aromatic N) is 2. The number of esters is 2. The van der Waals surface area contributed by atoms with Gasteiger partial charge in [0.15, 0.2) is 0 Å². The van der Waals surface area contributed by atoms with E-state index in [0.717, 1.165) is 0 Å². The number of aliphatic imine (C=N–C) groups is 1. The summed E-state index contributed by atoms with van der Waals surface area (Å²) >= 11 is 0. The van der Waals surface area contributed by atoms with Crippen LogP contribution in [0.5, 0.6) is 11.5 Å². The Balaban J connectivity index is 1.49. The Hall–Kier alpha value is -6.05. The van der Waals surface area contributed by atoms with Gasteiger partial charge in [-0.1, -0.05) is 36.4 Å². The van der Waals surface area contributed by atoms with Crippen molar-refractivity contribution >= 4 is 35.2 Å². The average Bonchev–Trinajstić information content (AvgIpc) is 3.04. The molecule has 14 heteroatoms. The highest BCUT2D eigenvalue weighted by molar-refractivity contribution is 6.07. The number of ether oxygens (including phenoxy) is 2. The number of rotatable bonds is 12. The summed E-state index contributed by atoms with van der Waals surface area (Å²) in [6.45, 7) is 2.37. The summed E-state index contributed by atoms with van der Waals surface area (Å²) in [6, 6.07) is 17.4. The van der Waals surface area contributed by atoms with Crippen LogP contribution in [0.2, 0.25) is 0 Å². The zero-order valence-electron chi connectivity index (χ0n) is 25.5. The number of hydrogen-bond acceptors (Lipinski definition) is 11. The van der Waals surface area contributed by atoms with E-state index in [-0.39, 0.29) is 77.2 Å². The number of carbonyl (C=O) groups excluding carboxylic acids is 4. The molecular formula is C33H32N4O10. The molecule has 244 valence electrons. The first kappa shape index (κ1) is 33.8. The lowest BCUT2D eigenvalue weighted by molar-refractivity contribution is -0.384. The van der Waals surface area contributed by atoms with Crippen molar-refractivity contribution in [1.29, 1.82) is 0 Å². The van der Waals surface area contributed by atoms with Crippen LogP contribution in [0.1, 0.15) is 46.0 Å². The maximum Gasteiger partial charge on any atom is 0.336 e. The number of phenolic OH excluding ortho intramolecular Hbond substituents is 2. The minimum Gasteiger partial charge on any atom is -0.507 e. The maximum atomic E-state index is 13.5. The van der Waals surface area contributed by atoms with E-state index in [4.69, 9.17) is 9.47 Å². The van der Waals surface area contributed by atoms with E-state index < -0.39 is 40.5 Å². The molecule has 3 aromatic rings. The van der Waals surface area contributed by atoms with Crippen molar-refractivity contribution in [1.82, 2.24) is 10.6 Å². The van der Waals surface area contributed by atoms with Crippen LogP contribution in [0.15, 0.2) is 89.1 Å².